The number of aryl methyl sites for hydroxylation is 1. The SMILES string of the molecule is Cc1cc(/C=C(\C#N)C(=O)NC[C@@H]2CCCO2)c(C)n1-c1ccc2c(c1)OCO2. The number of hydrogen-bond acceptors (Lipinski definition) is 5. The highest BCUT2D eigenvalue weighted by Crippen LogP contribution is 2.35. The van der Waals surface area contributed by atoms with Crippen LogP contribution in [0.1, 0.15) is 29.8 Å². The lowest BCUT2D eigenvalue weighted by Gasteiger charge is -2.11. The van der Waals surface area contributed by atoms with Gasteiger partial charge in [0.1, 0.15) is 11.6 Å². The van der Waals surface area contributed by atoms with E-state index in [1.807, 2.05) is 44.2 Å². The van der Waals surface area contributed by atoms with Crippen LogP contribution in [0.25, 0.3) is 11.8 Å². The second-order valence-electron chi connectivity index (χ2n) is 7.21. The highest BCUT2D eigenvalue weighted by molar-refractivity contribution is 6.01. The molecule has 4 rings (SSSR count). The molecule has 2 aromatic rings. The predicted octanol–water partition coefficient (Wildman–Crippen LogP) is 3.03. The van der Waals surface area contributed by atoms with Crippen LogP contribution >= 0.6 is 0 Å². The van der Waals surface area contributed by atoms with Crippen LogP contribution in [0.15, 0.2) is 29.8 Å². The second-order valence-corrected chi connectivity index (χ2v) is 7.21. The molecule has 1 N–H and O–H groups in total. The molecular weight excluding hydrogens is 370 g/mol. The van der Waals surface area contributed by atoms with Gasteiger partial charge in [-0.1, -0.05) is 0 Å². The van der Waals surface area contributed by atoms with E-state index in [9.17, 15) is 10.1 Å². The summed E-state index contributed by atoms with van der Waals surface area (Å²) in [7, 11) is 0. The summed E-state index contributed by atoms with van der Waals surface area (Å²) in [6, 6.07) is 9.75. The van der Waals surface area contributed by atoms with Crippen molar-refractivity contribution in [1.82, 2.24) is 9.88 Å². The third-order valence-electron chi connectivity index (χ3n) is 5.26. The van der Waals surface area contributed by atoms with Crippen LogP contribution in [0, 0.1) is 25.2 Å². The zero-order valence-corrected chi connectivity index (χ0v) is 16.5. The summed E-state index contributed by atoms with van der Waals surface area (Å²) in [5.74, 6) is 1.06. The molecule has 7 heteroatoms. The molecule has 0 spiro atoms. The van der Waals surface area contributed by atoms with Gasteiger partial charge >= 0.3 is 0 Å². The largest absolute Gasteiger partial charge is 0.454 e. The quantitative estimate of drug-likeness (QED) is 0.623. The molecule has 1 saturated heterocycles. The number of fused-ring (bicyclic) bond motifs is 1. The Balaban J connectivity index is 1.57. The second kappa shape index (κ2) is 8.02. The van der Waals surface area contributed by atoms with E-state index in [0.29, 0.717) is 12.3 Å². The zero-order valence-electron chi connectivity index (χ0n) is 16.5. The molecule has 0 bridgehead atoms. The van der Waals surface area contributed by atoms with Crippen molar-refractivity contribution in [3.63, 3.8) is 0 Å². The number of aromatic nitrogens is 1. The van der Waals surface area contributed by atoms with Crippen molar-refractivity contribution >= 4 is 12.0 Å². The molecule has 7 nitrogen and oxygen atoms in total. The summed E-state index contributed by atoms with van der Waals surface area (Å²) in [5, 5.41) is 12.3. The topological polar surface area (TPSA) is 85.5 Å². The van der Waals surface area contributed by atoms with Crippen LogP contribution in [0.4, 0.5) is 0 Å². The van der Waals surface area contributed by atoms with Crippen LogP contribution < -0.4 is 14.8 Å². The van der Waals surface area contributed by atoms with Crippen molar-refractivity contribution in [2.24, 2.45) is 0 Å². The fraction of sp³-hybridized carbons (Fsp3) is 0.364. The highest BCUT2D eigenvalue weighted by atomic mass is 16.7. The number of nitrogens with one attached hydrogen (secondary N) is 1. The van der Waals surface area contributed by atoms with Crippen molar-refractivity contribution in [1.29, 1.82) is 5.26 Å². The molecule has 1 aromatic heterocycles. The molecule has 0 aliphatic carbocycles. The summed E-state index contributed by atoms with van der Waals surface area (Å²) >= 11 is 0. The summed E-state index contributed by atoms with van der Waals surface area (Å²) in [5.41, 5.74) is 3.76. The van der Waals surface area contributed by atoms with E-state index >= 15 is 0 Å². The van der Waals surface area contributed by atoms with Crippen molar-refractivity contribution < 1.29 is 19.0 Å². The Morgan fingerprint density at radius 2 is 2.14 bits per heavy atom. The molecule has 1 aromatic carbocycles. The summed E-state index contributed by atoms with van der Waals surface area (Å²) in [6.07, 6.45) is 3.61. The van der Waals surface area contributed by atoms with Crippen molar-refractivity contribution in [2.45, 2.75) is 32.8 Å². The van der Waals surface area contributed by atoms with Gasteiger partial charge in [-0.2, -0.15) is 5.26 Å². The van der Waals surface area contributed by atoms with Crippen molar-refractivity contribution in [3.05, 3.63) is 46.8 Å². The van der Waals surface area contributed by atoms with Gasteiger partial charge in [0.2, 0.25) is 6.79 Å². The summed E-state index contributed by atoms with van der Waals surface area (Å²) in [4.78, 5) is 12.4. The number of carbonyl (C=O) groups is 1. The Bertz CT molecular complexity index is 1010. The summed E-state index contributed by atoms with van der Waals surface area (Å²) < 4.78 is 18.4. The molecule has 1 amide bonds. The lowest BCUT2D eigenvalue weighted by atomic mass is 10.1. The van der Waals surface area contributed by atoms with E-state index in [2.05, 4.69) is 9.88 Å². The van der Waals surface area contributed by atoms with E-state index < -0.39 is 0 Å². The minimum Gasteiger partial charge on any atom is -0.454 e. The number of hydrogen-bond donors (Lipinski definition) is 1. The molecule has 0 radical (unpaired) electrons. The molecule has 2 aliphatic rings. The number of amides is 1. The Morgan fingerprint density at radius 1 is 1.31 bits per heavy atom. The Morgan fingerprint density at radius 3 is 2.90 bits per heavy atom. The molecule has 1 fully saturated rings. The van der Waals surface area contributed by atoms with Gasteiger partial charge in [-0.3, -0.25) is 4.79 Å². The standard InChI is InChI=1S/C22H23N3O4/c1-14-8-16(9-17(11-23)22(26)24-12-19-4-3-7-27-19)15(2)25(14)18-5-6-20-21(10-18)29-13-28-20/h5-6,8-10,19H,3-4,7,12-13H2,1-2H3,(H,24,26)/b17-9+/t19-/m0/s1. The molecule has 0 saturated carbocycles. The molecule has 3 heterocycles. The number of ether oxygens (including phenoxy) is 3. The van der Waals surface area contributed by atoms with Crippen LogP contribution in [-0.2, 0) is 9.53 Å². The first-order chi connectivity index (χ1) is 14.1. The monoisotopic (exact) mass is 393 g/mol. The van der Waals surface area contributed by atoms with Crippen LogP contribution in [0.3, 0.4) is 0 Å². The van der Waals surface area contributed by atoms with Crippen LogP contribution in [0.5, 0.6) is 11.5 Å². The first kappa shape index (κ1) is 19.1. The van der Waals surface area contributed by atoms with Gasteiger partial charge in [-0.05, 0) is 56.5 Å². The van der Waals surface area contributed by atoms with E-state index in [1.165, 1.54) is 0 Å². The number of rotatable bonds is 5. The number of carbonyl (C=O) groups excluding carboxylic acids is 1. The Labute approximate surface area is 169 Å². The smallest absolute Gasteiger partial charge is 0.262 e. The molecule has 150 valence electrons. The predicted molar refractivity (Wildman–Crippen MR) is 107 cm³/mol. The lowest BCUT2D eigenvalue weighted by molar-refractivity contribution is -0.117. The number of nitriles is 1. The minimum atomic E-state index is -0.379. The fourth-order valence-electron chi connectivity index (χ4n) is 3.77. The fourth-order valence-corrected chi connectivity index (χ4v) is 3.77. The van der Waals surface area contributed by atoms with Crippen LogP contribution in [0.2, 0.25) is 0 Å². The maximum Gasteiger partial charge on any atom is 0.262 e. The van der Waals surface area contributed by atoms with Gasteiger partial charge in [0, 0.05) is 36.3 Å². The van der Waals surface area contributed by atoms with Gasteiger partial charge in [0.05, 0.1) is 6.10 Å². The van der Waals surface area contributed by atoms with Crippen LogP contribution in [-0.4, -0.2) is 36.5 Å². The zero-order chi connectivity index (χ0) is 20.4. The van der Waals surface area contributed by atoms with E-state index in [0.717, 1.165) is 47.8 Å². The van der Waals surface area contributed by atoms with Gasteiger partial charge in [-0.15, -0.1) is 0 Å². The Kier molecular flexibility index (Phi) is 5.28. The lowest BCUT2D eigenvalue weighted by Crippen LogP contribution is -2.32. The van der Waals surface area contributed by atoms with Crippen molar-refractivity contribution in [3.8, 4) is 23.3 Å². The van der Waals surface area contributed by atoms with Gasteiger partial charge in [-0.25, -0.2) is 0 Å². The van der Waals surface area contributed by atoms with Gasteiger partial charge in [0.25, 0.3) is 5.91 Å². The van der Waals surface area contributed by atoms with Gasteiger partial charge in [0.15, 0.2) is 11.5 Å². The molecule has 29 heavy (non-hydrogen) atoms. The first-order valence-corrected chi connectivity index (χ1v) is 9.67. The highest BCUT2D eigenvalue weighted by Gasteiger charge is 2.19. The van der Waals surface area contributed by atoms with Crippen molar-refractivity contribution in [2.75, 3.05) is 19.9 Å². The number of nitrogens with zero attached hydrogens (tertiary/aromatic N) is 2. The van der Waals surface area contributed by atoms with Gasteiger partial charge < -0.3 is 24.1 Å². The molecular formula is C22H23N3O4. The normalized spacial score (nSPS) is 18.0. The summed E-state index contributed by atoms with van der Waals surface area (Å²) in [6.45, 7) is 5.32. The van der Waals surface area contributed by atoms with E-state index in [1.54, 1.807) is 6.08 Å². The Hall–Kier alpha value is -3.24. The third kappa shape index (κ3) is 3.84. The maximum absolute atomic E-state index is 12.4. The average Bonchev–Trinajstić information content (AvgIpc) is 3.45. The third-order valence-corrected chi connectivity index (χ3v) is 5.26. The molecule has 0 unspecified atom stereocenters. The molecule has 1 atom stereocenters. The van der Waals surface area contributed by atoms with E-state index in [-0.39, 0.29) is 24.4 Å². The number of benzene rings is 1. The molecule has 2 aliphatic heterocycles. The minimum absolute atomic E-state index is 0.0370. The maximum atomic E-state index is 12.4. The first-order valence-electron chi connectivity index (χ1n) is 9.67. The average molecular weight is 393 g/mol. The van der Waals surface area contributed by atoms with E-state index in [4.69, 9.17) is 14.2 Å².